The number of ether oxygens (including phenoxy) is 2. The fraction of sp³-hybridized carbons (Fsp3) is 0.323. The summed E-state index contributed by atoms with van der Waals surface area (Å²) in [5.74, 6) is -2.77. The van der Waals surface area contributed by atoms with Gasteiger partial charge in [0.1, 0.15) is 0 Å². The van der Waals surface area contributed by atoms with Gasteiger partial charge in [0.25, 0.3) is 0 Å². The smallest absolute Gasteiger partial charge is 0.550 e. The van der Waals surface area contributed by atoms with Gasteiger partial charge in [0.05, 0.1) is 45.7 Å². The average Bonchev–Trinajstić information content (AvgIpc) is 4.46. The Morgan fingerprint density at radius 2 is 0.914 bits per heavy atom. The van der Waals surface area contributed by atoms with E-state index in [1.807, 2.05) is 65.8 Å². The van der Waals surface area contributed by atoms with Gasteiger partial charge in [-0.25, -0.2) is 9.98 Å². The molecule has 416 valence electrons. The molecule has 19 heteroatoms. The molecule has 4 aromatic rings. The number of halogens is 2. The number of methoxy groups -OCH3 is 2. The van der Waals surface area contributed by atoms with E-state index in [1.54, 1.807) is 0 Å². The number of carbonyl (C=O) groups is 4. The van der Waals surface area contributed by atoms with E-state index in [0.29, 0.717) is 37.1 Å². The van der Waals surface area contributed by atoms with Crippen LogP contribution in [0.25, 0.3) is 48.6 Å². The molecule has 0 saturated carbocycles. The summed E-state index contributed by atoms with van der Waals surface area (Å²) < 4.78 is 9.03. The molecule has 6 aliphatic heterocycles. The van der Waals surface area contributed by atoms with E-state index in [-0.39, 0.29) is 65.7 Å². The van der Waals surface area contributed by atoms with Gasteiger partial charge in [0.2, 0.25) is 0 Å². The van der Waals surface area contributed by atoms with Crippen LogP contribution < -0.4 is 42.2 Å². The van der Waals surface area contributed by atoms with Crippen molar-refractivity contribution in [2.75, 3.05) is 14.2 Å². The molecular formula is C62H64Br2N8O8Zn. The first-order chi connectivity index (χ1) is 37.9. The summed E-state index contributed by atoms with van der Waals surface area (Å²) in [6.45, 7) is 16.3. The van der Waals surface area contributed by atoms with Crippen LogP contribution in [0, 0.1) is 27.7 Å². The van der Waals surface area contributed by atoms with Gasteiger partial charge in [0, 0.05) is 91.7 Å². The van der Waals surface area contributed by atoms with Crippen molar-refractivity contribution in [3.8, 4) is 0 Å². The molecule has 2 unspecified atom stereocenters. The van der Waals surface area contributed by atoms with Gasteiger partial charge >= 0.3 is 31.4 Å². The van der Waals surface area contributed by atoms with E-state index in [1.165, 1.54) is 14.2 Å². The number of carboxylic acids is 2. The normalized spacial score (nSPS) is 19.4. The third kappa shape index (κ3) is 13.2. The van der Waals surface area contributed by atoms with Crippen molar-refractivity contribution in [2.45, 2.75) is 115 Å². The van der Waals surface area contributed by atoms with Crippen molar-refractivity contribution in [3.05, 3.63) is 158 Å². The first-order valence-corrected chi connectivity index (χ1v) is 28.1. The van der Waals surface area contributed by atoms with E-state index < -0.39 is 11.9 Å². The second-order valence-corrected chi connectivity index (χ2v) is 24.5. The third-order valence-electron chi connectivity index (χ3n) is 15.4. The Kier molecular flexibility index (Phi) is 17.9. The van der Waals surface area contributed by atoms with Gasteiger partial charge in [-0.3, -0.25) is 9.59 Å². The SMILES string of the molecule is COC(=O)CCc1c(C)c2[nH]c1=CC1=NC(=Cc3[nH]c(cc3C)C=C3NC(=CC3(C)Br)C=2)C(C)=C1CCC(=O)[O-].COC(=O)CCc1c(C)c2[nH]c1=CC1=NC(=Cc3[nH]c(cc3C)C=C3NC(=CC3(C)Br)C=2)C(C)=C1CCC(=O)[O-].[Zn+2]. The number of carboxylic acid groups (broad SMARTS) is 2. The minimum absolute atomic E-state index is 0. The summed E-state index contributed by atoms with van der Waals surface area (Å²) in [6.07, 6.45) is 22.3. The van der Waals surface area contributed by atoms with E-state index in [9.17, 15) is 29.4 Å². The molecule has 10 rings (SSSR count). The standard InChI is InChI=1S/2C31H33BrN4O4.Zn/c2*1-16-10-19-12-28-31(4,32)15-20(34-28)11-24-17(2)22(7-9-30(39)40-5)27(35-24)14-26-21(6-8-29(37)38)18(3)25(36-26)13-23(16)33-19;/h2*10-15,33-35H,6-9H2,1-5H3,(H,37,38);/q;;+2/p-2. The summed E-state index contributed by atoms with van der Waals surface area (Å²) in [6, 6.07) is 4.20. The van der Waals surface area contributed by atoms with Gasteiger partial charge in [0.15, 0.2) is 0 Å². The monoisotopic (exact) mass is 1270 g/mol. The van der Waals surface area contributed by atoms with Crippen molar-refractivity contribution in [1.29, 1.82) is 0 Å². The number of aromatic nitrogens is 4. The number of aryl methyl sites for hydroxylation is 2. The molecule has 0 amide bonds. The molecule has 0 aliphatic carbocycles. The number of rotatable bonds is 12. The topological polar surface area (TPSA) is 245 Å². The zero-order chi connectivity index (χ0) is 57.5. The number of allylic oxidation sites excluding steroid dienone is 8. The number of aliphatic imine (C=N–C) groups is 2. The minimum Gasteiger partial charge on any atom is -0.550 e. The molecule has 0 saturated heterocycles. The van der Waals surface area contributed by atoms with Gasteiger partial charge in [-0.2, -0.15) is 0 Å². The zero-order valence-corrected chi connectivity index (χ0v) is 53.3. The van der Waals surface area contributed by atoms with Crippen LogP contribution in [-0.4, -0.2) is 78.1 Å². The summed E-state index contributed by atoms with van der Waals surface area (Å²) in [7, 11) is 2.78. The molecule has 0 fully saturated rings. The zero-order valence-electron chi connectivity index (χ0n) is 47.2. The number of alkyl halides is 2. The molecule has 16 nitrogen and oxygen atoms in total. The van der Waals surface area contributed by atoms with E-state index in [2.05, 4.69) is 125 Å². The van der Waals surface area contributed by atoms with Gasteiger partial charge in [-0.15, -0.1) is 0 Å². The molecular weight excluding hydrogens is 1210 g/mol. The van der Waals surface area contributed by atoms with Crippen LogP contribution in [0.4, 0.5) is 0 Å². The van der Waals surface area contributed by atoms with Gasteiger partial charge in [-0.05, 0) is 222 Å². The van der Waals surface area contributed by atoms with Crippen LogP contribution >= 0.6 is 31.9 Å². The summed E-state index contributed by atoms with van der Waals surface area (Å²) in [5, 5.41) is 33.3. The number of hydrogen-bond acceptors (Lipinski definition) is 12. The van der Waals surface area contributed by atoms with Crippen LogP contribution in [-0.2, 0) is 61.0 Å². The Labute approximate surface area is 499 Å². The maximum Gasteiger partial charge on any atom is 2.00 e. The molecule has 6 N–H and O–H groups in total. The number of nitrogens with zero attached hydrogens (tertiary/aromatic N) is 2. The maximum atomic E-state index is 12.0. The molecule has 16 bridgehead atoms. The minimum atomic E-state index is -1.10. The van der Waals surface area contributed by atoms with Crippen LogP contribution in [0.1, 0.15) is 122 Å². The number of aliphatic carboxylic acids is 2. The molecule has 6 aliphatic rings. The summed E-state index contributed by atoms with van der Waals surface area (Å²) in [4.78, 5) is 70.8. The third-order valence-corrected chi connectivity index (χ3v) is 16.7. The Morgan fingerprint density at radius 1 is 0.531 bits per heavy atom. The van der Waals surface area contributed by atoms with E-state index >= 15 is 0 Å². The second-order valence-electron chi connectivity index (χ2n) is 21.2. The van der Waals surface area contributed by atoms with Crippen LogP contribution in [0.2, 0.25) is 0 Å². The van der Waals surface area contributed by atoms with Crippen LogP contribution in [0.15, 0.2) is 90.7 Å². The van der Waals surface area contributed by atoms with Crippen molar-refractivity contribution in [3.63, 3.8) is 0 Å². The predicted octanol–water partition coefficient (Wildman–Crippen LogP) is 5.92. The van der Waals surface area contributed by atoms with Crippen molar-refractivity contribution in [1.82, 2.24) is 30.6 Å². The van der Waals surface area contributed by atoms with Crippen molar-refractivity contribution in [2.24, 2.45) is 9.98 Å². The molecule has 0 aromatic carbocycles. The first kappa shape index (κ1) is 60.0. The summed E-state index contributed by atoms with van der Waals surface area (Å²) >= 11 is 7.72. The van der Waals surface area contributed by atoms with Gasteiger partial charge < -0.3 is 59.8 Å². The second kappa shape index (κ2) is 24.2. The van der Waals surface area contributed by atoms with Crippen molar-refractivity contribution >= 4 is 116 Å². The quantitative estimate of drug-likeness (QED) is 0.0555. The number of nitrogens with one attached hydrogen (secondary N) is 6. The molecule has 0 spiro atoms. The first-order valence-electron chi connectivity index (χ1n) is 26.5. The fourth-order valence-electron chi connectivity index (χ4n) is 10.8. The molecule has 0 radical (unpaired) electrons. The number of H-pyrrole nitrogens is 4. The Balaban J connectivity index is 0.000000210. The number of esters is 2. The average molecular weight is 1270 g/mol. The number of aromatic amines is 4. The van der Waals surface area contributed by atoms with Crippen LogP contribution in [0.5, 0.6) is 0 Å². The van der Waals surface area contributed by atoms with Gasteiger partial charge in [-0.1, -0.05) is 31.9 Å². The predicted molar refractivity (Wildman–Crippen MR) is 317 cm³/mol. The molecule has 81 heavy (non-hydrogen) atoms. The Bertz CT molecular complexity index is 3680. The fourth-order valence-corrected chi connectivity index (χ4v) is 11.7. The molecule has 10 heterocycles. The largest absolute Gasteiger partial charge is 2.00 e. The summed E-state index contributed by atoms with van der Waals surface area (Å²) in [5.41, 5.74) is 20.3. The number of carbonyl (C=O) groups excluding carboxylic acids is 4. The maximum absolute atomic E-state index is 12.0. The molecule has 2 atom stereocenters. The van der Waals surface area contributed by atoms with E-state index in [0.717, 1.165) is 134 Å². The van der Waals surface area contributed by atoms with Crippen LogP contribution in [0.3, 0.4) is 0 Å². The Hall–Kier alpha value is -7.08. The molecule has 4 aromatic heterocycles. The van der Waals surface area contributed by atoms with Crippen molar-refractivity contribution < 1.29 is 58.3 Å². The number of hydrogen-bond donors (Lipinski definition) is 6. The van der Waals surface area contributed by atoms with E-state index in [4.69, 9.17) is 19.5 Å². The Morgan fingerprint density at radius 3 is 1.27 bits per heavy atom. The number of fused-ring (bicyclic) bond motifs is 14.